The molecule has 2 atom stereocenters. The second kappa shape index (κ2) is 7.63. The third-order valence-corrected chi connectivity index (χ3v) is 2.20. The van der Waals surface area contributed by atoms with Crippen molar-refractivity contribution in [3.63, 3.8) is 0 Å². The van der Waals surface area contributed by atoms with Crippen molar-refractivity contribution in [3.8, 4) is 6.07 Å². The lowest BCUT2D eigenvalue weighted by molar-refractivity contribution is -0.133. The van der Waals surface area contributed by atoms with Gasteiger partial charge in [-0.3, -0.25) is 9.59 Å². The molecule has 0 aliphatic carbocycles. The van der Waals surface area contributed by atoms with E-state index in [9.17, 15) is 14.7 Å². The molecule has 0 radical (unpaired) electrons. The molecule has 0 saturated carbocycles. The zero-order chi connectivity index (χ0) is 13.4. The van der Waals surface area contributed by atoms with Crippen LogP contribution < -0.4 is 11.1 Å². The molecule has 0 rings (SSSR count). The molecule has 0 aromatic carbocycles. The van der Waals surface area contributed by atoms with Crippen molar-refractivity contribution < 1.29 is 14.7 Å². The van der Waals surface area contributed by atoms with E-state index in [0.29, 0.717) is 6.42 Å². The number of amides is 2. The van der Waals surface area contributed by atoms with Crippen molar-refractivity contribution in [2.24, 2.45) is 11.7 Å². The molecule has 0 aliphatic heterocycles. The summed E-state index contributed by atoms with van der Waals surface area (Å²) in [5.41, 5.74) is 5.08. The first-order valence-corrected chi connectivity index (χ1v) is 5.53. The fourth-order valence-corrected chi connectivity index (χ4v) is 1.32. The highest BCUT2D eigenvalue weighted by molar-refractivity contribution is 5.88. The molecule has 0 spiro atoms. The molecule has 6 heteroatoms. The monoisotopic (exact) mass is 241 g/mol. The van der Waals surface area contributed by atoms with E-state index >= 15 is 0 Å². The van der Waals surface area contributed by atoms with E-state index in [1.807, 2.05) is 19.9 Å². The Kier molecular flexibility index (Phi) is 6.91. The zero-order valence-corrected chi connectivity index (χ0v) is 10.1. The van der Waals surface area contributed by atoms with Gasteiger partial charge in [-0.15, -0.1) is 0 Å². The Hall–Kier alpha value is -1.61. The van der Waals surface area contributed by atoms with E-state index < -0.39 is 24.0 Å². The van der Waals surface area contributed by atoms with E-state index in [4.69, 9.17) is 11.0 Å². The second-order valence-electron chi connectivity index (χ2n) is 4.31. The van der Waals surface area contributed by atoms with Crippen LogP contribution in [-0.4, -0.2) is 29.1 Å². The maximum Gasteiger partial charge on any atom is 0.249 e. The number of nitriles is 1. The Morgan fingerprint density at radius 1 is 1.47 bits per heavy atom. The minimum absolute atomic E-state index is 0.119. The first-order chi connectivity index (χ1) is 7.88. The lowest BCUT2D eigenvalue weighted by Crippen LogP contribution is -2.48. The van der Waals surface area contributed by atoms with Crippen LogP contribution in [0.1, 0.15) is 33.1 Å². The standard InChI is InChI=1S/C11H19N3O3/c1-7(2)6-9(15)11(17)14-8(10(13)16)4-3-5-12/h7-9,15H,3-4,6H2,1-2H3,(H2,13,16)(H,14,17)/t8-,9-/m1/s1. The van der Waals surface area contributed by atoms with E-state index in [1.165, 1.54) is 0 Å². The lowest BCUT2D eigenvalue weighted by Gasteiger charge is -2.18. The molecular weight excluding hydrogens is 222 g/mol. The Morgan fingerprint density at radius 2 is 2.06 bits per heavy atom. The Morgan fingerprint density at radius 3 is 2.47 bits per heavy atom. The van der Waals surface area contributed by atoms with E-state index in [2.05, 4.69) is 5.32 Å². The summed E-state index contributed by atoms with van der Waals surface area (Å²) in [6.45, 7) is 3.75. The maximum atomic E-state index is 11.5. The van der Waals surface area contributed by atoms with E-state index in [0.717, 1.165) is 0 Å². The molecule has 0 aromatic rings. The van der Waals surface area contributed by atoms with Gasteiger partial charge in [0, 0.05) is 6.42 Å². The smallest absolute Gasteiger partial charge is 0.249 e. The van der Waals surface area contributed by atoms with Crippen LogP contribution in [0, 0.1) is 17.2 Å². The highest BCUT2D eigenvalue weighted by atomic mass is 16.3. The predicted octanol–water partition coefficient (Wildman–Crippen LogP) is -0.333. The first-order valence-electron chi connectivity index (χ1n) is 5.53. The SMILES string of the molecule is CC(C)C[C@@H](O)C(=O)N[C@H](CCC#N)C(N)=O. The van der Waals surface area contributed by atoms with Crippen molar-refractivity contribution in [3.05, 3.63) is 0 Å². The number of carbonyl (C=O) groups excluding carboxylic acids is 2. The van der Waals surface area contributed by atoms with Gasteiger partial charge in [-0.2, -0.15) is 5.26 Å². The molecule has 4 N–H and O–H groups in total. The molecule has 17 heavy (non-hydrogen) atoms. The van der Waals surface area contributed by atoms with Crippen molar-refractivity contribution in [2.45, 2.75) is 45.3 Å². The number of aliphatic hydroxyl groups is 1. The molecule has 6 nitrogen and oxygen atoms in total. The Balaban J connectivity index is 4.30. The molecule has 0 unspecified atom stereocenters. The molecular formula is C11H19N3O3. The third kappa shape index (κ3) is 6.53. The number of rotatable bonds is 7. The van der Waals surface area contributed by atoms with Gasteiger partial charge in [-0.1, -0.05) is 13.8 Å². The predicted molar refractivity (Wildman–Crippen MR) is 61.4 cm³/mol. The van der Waals surface area contributed by atoms with Crippen molar-refractivity contribution in [2.75, 3.05) is 0 Å². The Labute approximate surface area is 101 Å². The third-order valence-electron chi connectivity index (χ3n) is 2.20. The van der Waals surface area contributed by atoms with Gasteiger partial charge in [0.15, 0.2) is 0 Å². The molecule has 2 amide bonds. The normalized spacial score (nSPS) is 13.8. The molecule has 0 fully saturated rings. The van der Waals surface area contributed by atoms with Crippen LogP contribution in [0.2, 0.25) is 0 Å². The lowest BCUT2D eigenvalue weighted by atomic mass is 10.0. The van der Waals surface area contributed by atoms with Crippen LogP contribution in [0.3, 0.4) is 0 Å². The van der Waals surface area contributed by atoms with Crippen molar-refractivity contribution in [1.82, 2.24) is 5.32 Å². The summed E-state index contributed by atoms with van der Waals surface area (Å²) in [6.07, 6.45) is -0.561. The van der Waals surface area contributed by atoms with E-state index in [-0.39, 0.29) is 18.8 Å². The van der Waals surface area contributed by atoms with Crippen LogP contribution in [0.15, 0.2) is 0 Å². The van der Waals surface area contributed by atoms with Crippen LogP contribution in [0.25, 0.3) is 0 Å². The number of nitrogens with one attached hydrogen (secondary N) is 1. The molecule has 96 valence electrons. The van der Waals surface area contributed by atoms with Crippen LogP contribution in [-0.2, 0) is 9.59 Å². The van der Waals surface area contributed by atoms with Crippen molar-refractivity contribution >= 4 is 11.8 Å². The average Bonchev–Trinajstić information content (AvgIpc) is 2.22. The van der Waals surface area contributed by atoms with Gasteiger partial charge in [0.25, 0.3) is 0 Å². The highest BCUT2D eigenvalue weighted by Crippen LogP contribution is 2.05. The zero-order valence-electron chi connectivity index (χ0n) is 10.1. The Bertz CT molecular complexity index is 310. The minimum Gasteiger partial charge on any atom is -0.383 e. The summed E-state index contributed by atoms with van der Waals surface area (Å²) in [7, 11) is 0. The minimum atomic E-state index is -1.15. The van der Waals surface area contributed by atoms with Gasteiger partial charge in [-0.05, 0) is 18.8 Å². The van der Waals surface area contributed by atoms with E-state index in [1.54, 1.807) is 0 Å². The summed E-state index contributed by atoms with van der Waals surface area (Å²) >= 11 is 0. The number of hydrogen-bond acceptors (Lipinski definition) is 4. The molecule has 0 aromatic heterocycles. The molecule has 0 saturated heterocycles. The van der Waals surface area contributed by atoms with Gasteiger partial charge in [-0.25, -0.2) is 0 Å². The average molecular weight is 241 g/mol. The fraction of sp³-hybridized carbons (Fsp3) is 0.727. The second-order valence-corrected chi connectivity index (χ2v) is 4.31. The van der Waals surface area contributed by atoms with Crippen LogP contribution in [0.4, 0.5) is 0 Å². The number of hydrogen-bond donors (Lipinski definition) is 3. The number of nitrogens with zero attached hydrogens (tertiary/aromatic N) is 1. The maximum absolute atomic E-state index is 11.5. The van der Waals surface area contributed by atoms with Gasteiger partial charge < -0.3 is 16.2 Å². The molecule has 0 heterocycles. The number of primary amides is 1. The number of nitrogens with two attached hydrogens (primary N) is 1. The number of aliphatic hydroxyl groups excluding tert-OH is 1. The molecule has 0 bridgehead atoms. The summed E-state index contributed by atoms with van der Waals surface area (Å²) in [4.78, 5) is 22.5. The first kappa shape index (κ1) is 15.4. The fourth-order valence-electron chi connectivity index (χ4n) is 1.32. The summed E-state index contributed by atoms with van der Waals surface area (Å²) in [5, 5.41) is 20.3. The molecule has 0 aliphatic rings. The van der Waals surface area contributed by atoms with Crippen LogP contribution >= 0.6 is 0 Å². The van der Waals surface area contributed by atoms with Gasteiger partial charge >= 0.3 is 0 Å². The van der Waals surface area contributed by atoms with Gasteiger partial charge in [0.2, 0.25) is 11.8 Å². The largest absolute Gasteiger partial charge is 0.383 e. The summed E-state index contributed by atoms with van der Waals surface area (Å²) < 4.78 is 0. The summed E-state index contributed by atoms with van der Waals surface area (Å²) in [6, 6.07) is 0.967. The quantitative estimate of drug-likeness (QED) is 0.565. The van der Waals surface area contributed by atoms with Crippen molar-refractivity contribution in [1.29, 1.82) is 5.26 Å². The summed E-state index contributed by atoms with van der Waals surface area (Å²) in [5.74, 6) is -1.16. The van der Waals surface area contributed by atoms with Crippen LogP contribution in [0.5, 0.6) is 0 Å². The van der Waals surface area contributed by atoms with Gasteiger partial charge in [0.1, 0.15) is 12.1 Å². The van der Waals surface area contributed by atoms with Gasteiger partial charge in [0.05, 0.1) is 6.07 Å². The number of carbonyl (C=O) groups is 2. The highest BCUT2D eigenvalue weighted by Gasteiger charge is 2.22. The topological polar surface area (TPSA) is 116 Å².